The lowest BCUT2D eigenvalue weighted by Gasteiger charge is -2.40. The minimum Gasteiger partial charge on any atom is -0.398 e. The third-order valence-electron chi connectivity index (χ3n) is 3.87. The van der Waals surface area contributed by atoms with Crippen LogP contribution in [-0.4, -0.2) is 35.9 Å². The van der Waals surface area contributed by atoms with Crippen LogP contribution in [0.3, 0.4) is 0 Å². The number of nitrogen functional groups attached to an aromatic ring is 1. The summed E-state index contributed by atoms with van der Waals surface area (Å²) in [5.74, 6) is -1.35. The lowest BCUT2D eigenvalue weighted by atomic mass is 9.70. The molecule has 0 aromatic heterocycles. The van der Waals surface area contributed by atoms with Gasteiger partial charge in [-0.05, 0) is 18.6 Å². The molecule has 1 aromatic rings. The van der Waals surface area contributed by atoms with Gasteiger partial charge >= 0.3 is 0 Å². The number of hydrogen-bond acceptors (Lipinski definition) is 4. The molecule has 20 heavy (non-hydrogen) atoms. The maximum Gasteiger partial charge on any atom is 0.254 e. The molecule has 0 bridgehead atoms. The number of nitrogens with one attached hydrogen (secondary N) is 1. The van der Waals surface area contributed by atoms with Crippen LogP contribution >= 0.6 is 0 Å². The fraction of sp³-hybridized carbons (Fsp3) is 0.308. The third kappa shape index (κ3) is 1.62. The SMILES string of the molecule is [B]C1(N2Cc3c(N)cccc3C2=O)CCC(=O)NC1=O. The predicted molar refractivity (Wildman–Crippen MR) is 71.6 cm³/mol. The number of rotatable bonds is 1. The molecule has 6 nitrogen and oxygen atoms in total. The lowest BCUT2D eigenvalue weighted by molar-refractivity contribution is -0.138. The molecule has 0 spiro atoms. The number of benzene rings is 1. The van der Waals surface area contributed by atoms with Gasteiger partial charge in [0.2, 0.25) is 11.8 Å². The van der Waals surface area contributed by atoms with Crippen molar-refractivity contribution in [3.05, 3.63) is 29.3 Å². The molecule has 0 aliphatic carbocycles. The van der Waals surface area contributed by atoms with Gasteiger partial charge in [-0.3, -0.25) is 19.7 Å². The molecule has 2 aliphatic heterocycles. The first-order valence-electron chi connectivity index (χ1n) is 6.26. The normalized spacial score (nSPS) is 25.6. The van der Waals surface area contributed by atoms with Crippen molar-refractivity contribution >= 4 is 31.3 Å². The van der Waals surface area contributed by atoms with E-state index in [9.17, 15) is 14.4 Å². The molecule has 3 N–H and O–H groups in total. The highest BCUT2D eigenvalue weighted by Gasteiger charge is 2.47. The van der Waals surface area contributed by atoms with Crippen LogP contribution in [0, 0.1) is 0 Å². The summed E-state index contributed by atoms with van der Waals surface area (Å²) in [6.45, 7) is 0.180. The average molecular weight is 269 g/mol. The first-order valence-corrected chi connectivity index (χ1v) is 6.26. The van der Waals surface area contributed by atoms with Crippen LogP contribution in [-0.2, 0) is 16.1 Å². The first kappa shape index (κ1) is 12.7. The second-order valence-corrected chi connectivity index (χ2v) is 5.07. The summed E-state index contributed by atoms with van der Waals surface area (Å²) in [4.78, 5) is 36.9. The van der Waals surface area contributed by atoms with Gasteiger partial charge in [0, 0.05) is 29.8 Å². The molecule has 3 rings (SSSR count). The van der Waals surface area contributed by atoms with Gasteiger partial charge in [-0.2, -0.15) is 0 Å². The summed E-state index contributed by atoms with van der Waals surface area (Å²) in [7, 11) is 6.09. The molecule has 1 unspecified atom stereocenters. The van der Waals surface area contributed by atoms with Crippen molar-refractivity contribution in [3.8, 4) is 0 Å². The van der Waals surface area contributed by atoms with Crippen LogP contribution in [0.2, 0.25) is 0 Å². The van der Waals surface area contributed by atoms with E-state index >= 15 is 0 Å². The van der Waals surface area contributed by atoms with Gasteiger partial charge in [-0.25, -0.2) is 0 Å². The Kier molecular flexibility index (Phi) is 2.60. The van der Waals surface area contributed by atoms with Crippen molar-refractivity contribution in [3.63, 3.8) is 0 Å². The summed E-state index contributed by atoms with van der Waals surface area (Å²) in [6, 6.07) is 5.04. The molecule has 2 aliphatic rings. The molecule has 7 heteroatoms. The Hall–Kier alpha value is -2.31. The smallest absolute Gasteiger partial charge is 0.254 e. The molecule has 3 amide bonds. The first-order chi connectivity index (χ1) is 9.43. The fourth-order valence-corrected chi connectivity index (χ4v) is 2.65. The van der Waals surface area contributed by atoms with Gasteiger partial charge in [0.05, 0.1) is 5.44 Å². The van der Waals surface area contributed by atoms with E-state index in [-0.39, 0.29) is 31.2 Å². The Bertz CT molecular complexity index is 646. The molecular formula is C13H12BN3O3. The summed E-state index contributed by atoms with van der Waals surface area (Å²) in [6.07, 6.45) is 0.217. The van der Waals surface area contributed by atoms with E-state index in [4.69, 9.17) is 13.6 Å². The summed E-state index contributed by atoms with van der Waals surface area (Å²) in [5, 5.41) is 2.18. The number of imide groups is 1. The van der Waals surface area contributed by atoms with Crippen LogP contribution in [0.4, 0.5) is 5.69 Å². The molecule has 1 saturated heterocycles. The Morgan fingerprint density at radius 1 is 1.30 bits per heavy atom. The van der Waals surface area contributed by atoms with Crippen LogP contribution in [0.1, 0.15) is 28.8 Å². The molecule has 1 fully saturated rings. The van der Waals surface area contributed by atoms with Crippen LogP contribution in [0.25, 0.3) is 0 Å². The van der Waals surface area contributed by atoms with Gasteiger partial charge in [-0.1, -0.05) is 6.07 Å². The van der Waals surface area contributed by atoms with E-state index in [2.05, 4.69) is 5.32 Å². The fourth-order valence-electron chi connectivity index (χ4n) is 2.65. The van der Waals surface area contributed by atoms with Gasteiger partial charge < -0.3 is 10.6 Å². The van der Waals surface area contributed by atoms with Crippen LogP contribution in [0.15, 0.2) is 18.2 Å². The summed E-state index contributed by atoms with van der Waals surface area (Å²) in [5.41, 5.74) is 5.97. The van der Waals surface area contributed by atoms with E-state index in [1.165, 1.54) is 4.90 Å². The monoisotopic (exact) mass is 269 g/mol. The van der Waals surface area contributed by atoms with Crippen molar-refractivity contribution in [1.82, 2.24) is 10.2 Å². The molecule has 2 radical (unpaired) electrons. The molecule has 2 heterocycles. The number of fused-ring (bicyclic) bond motifs is 1. The Morgan fingerprint density at radius 3 is 2.70 bits per heavy atom. The number of nitrogens with two attached hydrogens (primary N) is 1. The highest BCUT2D eigenvalue weighted by Crippen LogP contribution is 2.34. The van der Waals surface area contributed by atoms with E-state index in [0.29, 0.717) is 16.8 Å². The topological polar surface area (TPSA) is 92.5 Å². The van der Waals surface area contributed by atoms with E-state index in [1.54, 1.807) is 18.2 Å². The zero-order valence-electron chi connectivity index (χ0n) is 10.7. The van der Waals surface area contributed by atoms with E-state index < -0.39 is 11.3 Å². The third-order valence-corrected chi connectivity index (χ3v) is 3.87. The van der Waals surface area contributed by atoms with Crippen molar-refractivity contribution in [1.29, 1.82) is 0 Å². The minimum atomic E-state index is -1.50. The van der Waals surface area contributed by atoms with Gasteiger partial charge in [0.25, 0.3) is 5.91 Å². The van der Waals surface area contributed by atoms with Crippen molar-refractivity contribution in [2.45, 2.75) is 24.8 Å². The highest BCUT2D eigenvalue weighted by molar-refractivity contribution is 6.32. The number of carbonyl (C=O) groups is 3. The number of amides is 3. The largest absolute Gasteiger partial charge is 0.398 e. The maximum atomic E-state index is 12.4. The predicted octanol–water partition coefficient (Wildman–Crippen LogP) is -0.474. The Morgan fingerprint density at radius 2 is 2.05 bits per heavy atom. The second kappa shape index (κ2) is 4.09. The van der Waals surface area contributed by atoms with Gasteiger partial charge in [0.15, 0.2) is 0 Å². The Balaban J connectivity index is 1.98. The number of carbonyl (C=O) groups excluding carboxylic acids is 3. The number of piperidine rings is 1. The van der Waals surface area contributed by atoms with Crippen molar-refractivity contribution < 1.29 is 14.4 Å². The molecule has 0 saturated carbocycles. The maximum absolute atomic E-state index is 12.4. The molecule has 100 valence electrons. The molecule has 1 aromatic carbocycles. The lowest BCUT2D eigenvalue weighted by Crippen LogP contribution is -2.63. The van der Waals surface area contributed by atoms with Crippen LogP contribution in [0.5, 0.6) is 0 Å². The van der Waals surface area contributed by atoms with Gasteiger partial charge in [-0.15, -0.1) is 0 Å². The van der Waals surface area contributed by atoms with Crippen LogP contribution < -0.4 is 11.1 Å². The van der Waals surface area contributed by atoms with Crippen molar-refractivity contribution in [2.24, 2.45) is 0 Å². The number of anilines is 1. The molecular weight excluding hydrogens is 257 g/mol. The summed E-state index contributed by atoms with van der Waals surface area (Å²) >= 11 is 0. The average Bonchev–Trinajstić information content (AvgIpc) is 2.75. The highest BCUT2D eigenvalue weighted by atomic mass is 16.2. The summed E-state index contributed by atoms with van der Waals surface area (Å²) < 4.78 is 0. The molecule has 1 atom stereocenters. The minimum absolute atomic E-state index is 0.108. The van der Waals surface area contributed by atoms with E-state index in [1.807, 2.05) is 0 Å². The van der Waals surface area contributed by atoms with Gasteiger partial charge in [0.1, 0.15) is 7.85 Å². The zero-order valence-corrected chi connectivity index (χ0v) is 10.7. The number of nitrogens with zero attached hydrogens (tertiary/aromatic N) is 1. The second-order valence-electron chi connectivity index (χ2n) is 5.07. The zero-order chi connectivity index (χ0) is 14.5. The standard InChI is InChI=1S/C13H12BN3O3/c14-13(5-4-10(18)16-12(13)20)17-6-8-7(11(17)19)2-1-3-9(8)15/h1-3H,4-6,15H2,(H,16,18,20). The van der Waals surface area contributed by atoms with Crippen molar-refractivity contribution in [2.75, 3.05) is 5.73 Å². The number of hydrogen-bond donors (Lipinski definition) is 2. The Labute approximate surface area is 116 Å². The van der Waals surface area contributed by atoms with E-state index in [0.717, 1.165) is 0 Å². The quantitative estimate of drug-likeness (QED) is 0.409.